The third-order valence-corrected chi connectivity index (χ3v) is 3.28. The highest BCUT2D eigenvalue weighted by Crippen LogP contribution is 2.26. The maximum atomic E-state index is 14.4. The van der Waals surface area contributed by atoms with Crippen LogP contribution >= 0.6 is 0 Å². The molecule has 2 nitrogen and oxygen atoms in total. The number of rotatable bonds is 5. The monoisotopic (exact) mass is 303 g/mol. The molecule has 2 aromatic carbocycles. The maximum Gasteiger partial charge on any atom is 0.251 e. The van der Waals surface area contributed by atoms with Gasteiger partial charge in [0.2, 0.25) is 0 Å². The number of alkyl halides is 1. The molecule has 22 heavy (non-hydrogen) atoms. The molecule has 0 spiro atoms. The van der Waals surface area contributed by atoms with E-state index in [-0.39, 0.29) is 11.5 Å². The van der Waals surface area contributed by atoms with E-state index in [1.807, 2.05) is 13.8 Å². The lowest BCUT2D eigenvalue weighted by molar-refractivity contribution is 0.0949. The molecule has 0 fully saturated rings. The highest BCUT2D eigenvalue weighted by molar-refractivity contribution is 5.94. The summed E-state index contributed by atoms with van der Waals surface area (Å²) in [7, 11) is 0. The first-order valence-electron chi connectivity index (χ1n) is 7.25. The molecule has 2 rings (SSSR count). The van der Waals surface area contributed by atoms with Crippen molar-refractivity contribution < 1.29 is 13.6 Å². The van der Waals surface area contributed by atoms with Gasteiger partial charge < -0.3 is 5.32 Å². The fraction of sp³-hybridized carbons (Fsp3) is 0.278. The standard InChI is InChI=1S/C18H19F2NO/c1-12(2)11-21-18(22)14-8-6-13(7-9-14)17(20)15-4-3-5-16(19)10-15/h3-10,12,17H,11H2,1-2H3,(H,21,22). The normalized spacial score (nSPS) is 12.2. The predicted molar refractivity (Wildman–Crippen MR) is 83.0 cm³/mol. The van der Waals surface area contributed by atoms with Gasteiger partial charge in [-0.15, -0.1) is 0 Å². The van der Waals surface area contributed by atoms with Crippen LogP contribution in [-0.2, 0) is 0 Å². The number of amides is 1. The summed E-state index contributed by atoms with van der Waals surface area (Å²) in [6, 6.07) is 11.7. The molecule has 1 atom stereocenters. The second kappa shape index (κ2) is 7.16. The third-order valence-electron chi connectivity index (χ3n) is 3.28. The Morgan fingerprint density at radius 1 is 1.09 bits per heavy atom. The molecule has 4 heteroatoms. The Balaban J connectivity index is 2.09. The molecule has 1 amide bonds. The van der Waals surface area contributed by atoms with E-state index in [0.29, 0.717) is 23.6 Å². The summed E-state index contributed by atoms with van der Waals surface area (Å²) in [4.78, 5) is 11.9. The van der Waals surface area contributed by atoms with E-state index in [1.165, 1.54) is 24.3 Å². The number of carbonyl (C=O) groups is 1. The average molecular weight is 303 g/mol. The Kier molecular flexibility index (Phi) is 5.26. The Morgan fingerprint density at radius 2 is 1.77 bits per heavy atom. The molecule has 0 saturated carbocycles. The molecule has 0 aliphatic heterocycles. The highest BCUT2D eigenvalue weighted by Gasteiger charge is 2.14. The number of halogens is 2. The zero-order valence-corrected chi connectivity index (χ0v) is 12.6. The Hall–Kier alpha value is -2.23. The minimum atomic E-state index is -1.41. The second-order valence-electron chi connectivity index (χ2n) is 5.64. The van der Waals surface area contributed by atoms with Crippen LogP contribution in [0.3, 0.4) is 0 Å². The minimum Gasteiger partial charge on any atom is -0.352 e. The van der Waals surface area contributed by atoms with Crippen LogP contribution in [0.5, 0.6) is 0 Å². The molecule has 116 valence electrons. The van der Waals surface area contributed by atoms with E-state index in [4.69, 9.17) is 0 Å². The summed E-state index contributed by atoms with van der Waals surface area (Å²) in [5.41, 5.74) is 1.14. The number of hydrogen-bond acceptors (Lipinski definition) is 1. The van der Waals surface area contributed by atoms with Crippen molar-refractivity contribution in [3.8, 4) is 0 Å². The van der Waals surface area contributed by atoms with Crippen molar-refractivity contribution in [2.45, 2.75) is 20.0 Å². The van der Waals surface area contributed by atoms with Crippen molar-refractivity contribution in [3.63, 3.8) is 0 Å². The molecule has 0 radical (unpaired) electrons. The van der Waals surface area contributed by atoms with Crippen molar-refractivity contribution >= 4 is 5.91 Å². The van der Waals surface area contributed by atoms with Gasteiger partial charge >= 0.3 is 0 Å². The SMILES string of the molecule is CC(C)CNC(=O)c1ccc(C(F)c2cccc(F)c2)cc1. The first-order valence-corrected chi connectivity index (χ1v) is 7.25. The first-order chi connectivity index (χ1) is 10.5. The molecular weight excluding hydrogens is 284 g/mol. The van der Waals surface area contributed by atoms with Crippen LogP contribution in [0.1, 0.15) is 41.5 Å². The fourth-order valence-electron chi connectivity index (χ4n) is 2.06. The van der Waals surface area contributed by atoms with Crippen molar-refractivity contribution in [2.75, 3.05) is 6.54 Å². The highest BCUT2D eigenvalue weighted by atomic mass is 19.1. The number of hydrogen-bond donors (Lipinski definition) is 1. The Morgan fingerprint density at radius 3 is 2.36 bits per heavy atom. The van der Waals surface area contributed by atoms with Crippen molar-refractivity contribution in [2.24, 2.45) is 5.92 Å². The van der Waals surface area contributed by atoms with Gasteiger partial charge in [-0.1, -0.05) is 38.1 Å². The minimum absolute atomic E-state index is 0.179. The van der Waals surface area contributed by atoms with Gasteiger partial charge in [0.25, 0.3) is 5.91 Å². The zero-order chi connectivity index (χ0) is 16.1. The molecule has 0 saturated heterocycles. The van der Waals surface area contributed by atoms with Crippen LogP contribution in [0, 0.1) is 11.7 Å². The molecule has 0 heterocycles. The molecule has 0 aliphatic rings. The molecule has 1 unspecified atom stereocenters. The number of carbonyl (C=O) groups excluding carboxylic acids is 1. The van der Waals surface area contributed by atoms with Gasteiger partial charge in [0.05, 0.1) is 0 Å². The summed E-state index contributed by atoms with van der Waals surface area (Å²) in [6.07, 6.45) is -1.41. The van der Waals surface area contributed by atoms with Crippen LogP contribution < -0.4 is 5.32 Å². The van der Waals surface area contributed by atoms with Crippen LogP contribution in [0.2, 0.25) is 0 Å². The molecule has 0 aliphatic carbocycles. The smallest absolute Gasteiger partial charge is 0.251 e. The Labute approximate surface area is 129 Å². The summed E-state index contributed by atoms with van der Waals surface area (Å²) >= 11 is 0. The molecule has 0 bridgehead atoms. The van der Waals surface area contributed by atoms with E-state index in [2.05, 4.69) is 5.32 Å². The van der Waals surface area contributed by atoms with Crippen molar-refractivity contribution in [1.82, 2.24) is 5.32 Å². The average Bonchev–Trinajstić information content (AvgIpc) is 2.52. The maximum absolute atomic E-state index is 14.4. The second-order valence-corrected chi connectivity index (χ2v) is 5.64. The predicted octanol–water partition coefficient (Wildman–Crippen LogP) is 4.27. The molecule has 2 aromatic rings. The van der Waals surface area contributed by atoms with Crippen LogP contribution in [0.15, 0.2) is 48.5 Å². The fourth-order valence-corrected chi connectivity index (χ4v) is 2.06. The Bertz CT molecular complexity index is 638. The summed E-state index contributed by atoms with van der Waals surface area (Å²) < 4.78 is 27.5. The largest absolute Gasteiger partial charge is 0.352 e. The lowest BCUT2D eigenvalue weighted by Crippen LogP contribution is -2.27. The van der Waals surface area contributed by atoms with E-state index >= 15 is 0 Å². The van der Waals surface area contributed by atoms with Crippen molar-refractivity contribution in [3.05, 3.63) is 71.0 Å². The van der Waals surface area contributed by atoms with Gasteiger partial charge in [0, 0.05) is 12.1 Å². The van der Waals surface area contributed by atoms with Crippen LogP contribution in [-0.4, -0.2) is 12.5 Å². The topological polar surface area (TPSA) is 29.1 Å². The van der Waals surface area contributed by atoms with E-state index in [1.54, 1.807) is 24.3 Å². The molecule has 0 aromatic heterocycles. The van der Waals surface area contributed by atoms with Gasteiger partial charge in [0.1, 0.15) is 5.82 Å². The number of nitrogens with one attached hydrogen (secondary N) is 1. The summed E-state index contributed by atoms with van der Waals surface area (Å²) in [5.74, 6) is -0.280. The summed E-state index contributed by atoms with van der Waals surface area (Å²) in [6.45, 7) is 4.61. The van der Waals surface area contributed by atoms with Gasteiger partial charge in [0.15, 0.2) is 6.17 Å². The van der Waals surface area contributed by atoms with E-state index in [0.717, 1.165) is 0 Å². The molecular formula is C18H19F2NO. The molecule has 1 N–H and O–H groups in total. The lowest BCUT2D eigenvalue weighted by Gasteiger charge is -2.11. The zero-order valence-electron chi connectivity index (χ0n) is 12.6. The quantitative estimate of drug-likeness (QED) is 0.878. The van der Waals surface area contributed by atoms with Crippen LogP contribution in [0.25, 0.3) is 0 Å². The van der Waals surface area contributed by atoms with Crippen LogP contribution in [0.4, 0.5) is 8.78 Å². The van der Waals surface area contributed by atoms with Gasteiger partial charge in [-0.05, 0) is 41.3 Å². The third kappa shape index (κ3) is 4.13. The van der Waals surface area contributed by atoms with Gasteiger partial charge in [-0.2, -0.15) is 0 Å². The van der Waals surface area contributed by atoms with Gasteiger partial charge in [-0.25, -0.2) is 8.78 Å². The lowest BCUT2D eigenvalue weighted by atomic mass is 10.0. The summed E-state index contributed by atoms with van der Waals surface area (Å²) in [5, 5.41) is 2.80. The number of benzene rings is 2. The van der Waals surface area contributed by atoms with Gasteiger partial charge in [-0.3, -0.25) is 4.79 Å². The van der Waals surface area contributed by atoms with Crippen molar-refractivity contribution in [1.29, 1.82) is 0 Å². The first kappa shape index (κ1) is 16.1. The van der Waals surface area contributed by atoms with E-state index < -0.39 is 12.0 Å². The van der Waals surface area contributed by atoms with E-state index in [9.17, 15) is 13.6 Å².